The first kappa shape index (κ1) is 21.4. The van der Waals surface area contributed by atoms with Crippen LogP contribution in [0.5, 0.6) is 5.75 Å². The highest BCUT2D eigenvalue weighted by Gasteiger charge is 2.25. The van der Waals surface area contributed by atoms with Gasteiger partial charge >= 0.3 is 0 Å². The molecule has 1 aromatic heterocycles. The number of carbonyl (C=O) groups is 1. The van der Waals surface area contributed by atoms with E-state index in [0.29, 0.717) is 6.54 Å². The fourth-order valence-corrected chi connectivity index (χ4v) is 5.52. The van der Waals surface area contributed by atoms with Gasteiger partial charge in [0.25, 0.3) is 0 Å². The summed E-state index contributed by atoms with van der Waals surface area (Å²) >= 11 is 1.67. The standard InChI is InChI=1S/C25H30N4O2S/c1-18(25-26-21-5-3-4-6-23(21)32-25)27(2)24(30)17-29-12-10-28(11-13-29)16-19-7-8-22-20(15-19)9-14-31-22/h3-8,15,18H,9-14,16-17H2,1-2H3/t18-/m1/s1. The van der Waals surface area contributed by atoms with Gasteiger partial charge in [0.05, 0.1) is 29.4 Å². The Morgan fingerprint density at radius 2 is 1.94 bits per heavy atom. The second kappa shape index (κ2) is 9.17. The van der Waals surface area contributed by atoms with Gasteiger partial charge in [-0.15, -0.1) is 11.3 Å². The van der Waals surface area contributed by atoms with Gasteiger partial charge in [-0.3, -0.25) is 14.6 Å². The molecule has 32 heavy (non-hydrogen) atoms. The van der Waals surface area contributed by atoms with Crippen LogP contribution in [0.4, 0.5) is 0 Å². The molecule has 2 aliphatic rings. The van der Waals surface area contributed by atoms with E-state index in [1.54, 1.807) is 11.3 Å². The molecule has 0 aliphatic carbocycles. The molecule has 168 valence electrons. The number of benzene rings is 2. The van der Waals surface area contributed by atoms with E-state index >= 15 is 0 Å². The molecule has 1 fully saturated rings. The summed E-state index contributed by atoms with van der Waals surface area (Å²) in [4.78, 5) is 24.3. The van der Waals surface area contributed by atoms with E-state index in [2.05, 4.69) is 41.0 Å². The highest BCUT2D eigenvalue weighted by Crippen LogP contribution is 2.29. The van der Waals surface area contributed by atoms with Crippen LogP contribution in [-0.2, 0) is 17.8 Å². The summed E-state index contributed by atoms with van der Waals surface area (Å²) in [5, 5.41) is 0.992. The molecular weight excluding hydrogens is 420 g/mol. The number of aromatic nitrogens is 1. The lowest BCUT2D eigenvalue weighted by Crippen LogP contribution is -2.49. The van der Waals surface area contributed by atoms with Crippen molar-refractivity contribution in [3.63, 3.8) is 0 Å². The zero-order chi connectivity index (χ0) is 22.1. The van der Waals surface area contributed by atoms with Crippen molar-refractivity contribution in [2.45, 2.75) is 25.9 Å². The summed E-state index contributed by atoms with van der Waals surface area (Å²) in [7, 11) is 1.90. The molecular formula is C25H30N4O2S. The fourth-order valence-electron chi connectivity index (χ4n) is 4.46. The van der Waals surface area contributed by atoms with Crippen molar-refractivity contribution in [2.24, 2.45) is 0 Å². The smallest absolute Gasteiger partial charge is 0.237 e. The van der Waals surface area contributed by atoms with E-state index in [4.69, 9.17) is 9.72 Å². The SMILES string of the molecule is C[C@H](c1nc2ccccc2s1)N(C)C(=O)CN1CCN(Cc2ccc3c(c2)CCO3)CC1. The summed E-state index contributed by atoms with van der Waals surface area (Å²) in [5.41, 5.74) is 3.69. The van der Waals surface area contributed by atoms with Crippen molar-refractivity contribution in [1.29, 1.82) is 0 Å². The summed E-state index contributed by atoms with van der Waals surface area (Å²) in [6.07, 6.45) is 1.02. The molecule has 2 aliphatic heterocycles. The van der Waals surface area contributed by atoms with Crippen LogP contribution in [0.3, 0.4) is 0 Å². The van der Waals surface area contributed by atoms with Gasteiger partial charge in [0, 0.05) is 46.2 Å². The summed E-state index contributed by atoms with van der Waals surface area (Å²) in [6, 6.07) is 14.7. The average Bonchev–Trinajstić information content (AvgIpc) is 3.46. The van der Waals surface area contributed by atoms with Crippen molar-refractivity contribution in [3.05, 3.63) is 58.6 Å². The van der Waals surface area contributed by atoms with Crippen molar-refractivity contribution < 1.29 is 9.53 Å². The van der Waals surface area contributed by atoms with Gasteiger partial charge in [-0.2, -0.15) is 0 Å². The van der Waals surface area contributed by atoms with Gasteiger partial charge in [-0.05, 0) is 36.2 Å². The molecule has 0 saturated carbocycles. The Morgan fingerprint density at radius 3 is 2.75 bits per heavy atom. The minimum absolute atomic E-state index is 0.0232. The van der Waals surface area contributed by atoms with E-state index in [-0.39, 0.29) is 11.9 Å². The Balaban J connectivity index is 1.12. The number of hydrogen-bond donors (Lipinski definition) is 0. The Bertz CT molecular complexity index is 1070. The number of rotatable bonds is 6. The predicted octanol–water partition coefficient (Wildman–Crippen LogP) is 3.57. The molecule has 0 spiro atoms. The highest BCUT2D eigenvalue weighted by molar-refractivity contribution is 7.18. The first-order valence-electron chi connectivity index (χ1n) is 11.4. The number of nitrogens with zero attached hydrogens (tertiary/aromatic N) is 4. The van der Waals surface area contributed by atoms with Gasteiger partial charge in [0.15, 0.2) is 0 Å². The minimum atomic E-state index is -0.0232. The van der Waals surface area contributed by atoms with Gasteiger partial charge in [-0.1, -0.05) is 24.3 Å². The Hall–Kier alpha value is -2.48. The van der Waals surface area contributed by atoms with Crippen LogP contribution in [0.15, 0.2) is 42.5 Å². The number of fused-ring (bicyclic) bond motifs is 2. The quantitative estimate of drug-likeness (QED) is 0.575. The van der Waals surface area contributed by atoms with E-state index in [1.807, 2.05) is 30.1 Å². The number of thiazole rings is 1. The molecule has 0 bridgehead atoms. The molecule has 3 heterocycles. The van der Waals surface area contributed by atoms with Crippen LogP contribution in [0, 0.1) is 0 Å². The highest BCUT2D eigenvalue weighted by atomic mass is 32.1. The number of likely N-dealkylation sites (N-methyl/N-ethyl adjacent to an activating group) is 1. The van der Waals surface area contributed by atoms with Crippen molar-refractivity contribution in [1.82, 2.24) is 19.7 Å². The zero-order valence-corrected chi connectivity index (χ0v) is 19.6. The molecule has 5 rings (SSSR count). The van der Waals surface area contributed by atoms with Crippen molar-refractivity contribution in [2.75, 3.05) is 46.4 Å². The lowest BCUT2D eigenvalue weighted by molar-refractivity contribution is -0.133. The maximum atomic E-state index is 13.0. The van der Waals surface area contributed by atoms with Crippen LogP contribution < -0.4 is 4.74 Å². The molecule has 1 atom stereocenters. The van der Waals surface area contributed by atoms with Crippen LogP contribution in [0.25, 0.3) is 10.2 Å². The number of carbonyl (C=O) groups excluding carboxylic acids is 1. The van der Waals surface area contributed by atoms with Crippen LogP contribution in [0.1, 0.15) is 29.1 Å². The largest absolute Gasteiger partial charge is 0.493 e. The summed E-state index contributed by atoms with van der Waals surface area (Å²) in [6.45, 7) is 8.11. The third kappa shape index (κ3) is 4.51. The fraction of sp³-hybridized carbons (Fsp3) is 0.440. The monoisotopic (exact) mass is 450 g/mol. The van der Waals surface area contributed by atoms with Gasteiger partial charge in [0.1, 0.15) is 10.8 Å². The molecule has 0 radical (unpaired) electrons. The van der Waals surface area contributed by atoms with Crippen LogP contribution >= 0.6 is 11.3 Å². The Morgan fingerprint density at radius 1 is 1.16 bits per heavy atom. The zero-order valence-electron chi connectivity index (χ0n) is 18.8. The van der Waals surface area contributed by atoms with E-state index in [0.717, 1.165) is 62.0 Å². The Kier molecular flexibility index (Phi) is 6.13. The lowest BCUT2D eigenvalue weighted by Gasteiger charge is -2.35. The third-order valence-corrected chi connectivity index (χ3v) is 7.83. The second-order valence-corrected chi connectivity index (χ2v) is 9.86. The summed E-state index contributed by atoms with van der Waals surface area (Å²) < 4.78 is 6.78. The Labute approximate surface area is 193 Å². The van der Waals surface area contributed by atoms with Gasteiger partial charge in [-0.25, -0.2) is 4.98 Å². The first-order valence-corrected chi connectivity index (χ1v) is 12.2. The van der Waals surface area contributed by atoms with E-state index in [9.17, 15) is 4.79 Å². The molecule has 3 aromatic rings. The van der Waals surface area contributed by atoms with E-state index < -0.39 is 0 Å². The van der Waals surface area contributed by atoms with Crippen molar-refractivity contribution >= 4 is 27.5 Å². The molecule has 0 N–H and O–H groups in total. The third-order valence-electron chi connectivity index (χ3n) is 6.63. The topological polar surface area (TPSA) is 48.9 Å². The molecule has 2 aromatic carbocycles. The van der Waals surface area contributed by atoms with Gasteiger partial charge < -0.3 is 9.64 Å². The molecule has 1 saturated heterocycles. The molecule has 0 unspecified atom stereocenters. The number of hydrogen-bond acceptors (Lipinski definition) is 6. The van der Waals surface area contributed by atoms with Crippen LogP contribution in [0.2, 0.25) is 0 Å². The molecule has 1 amide bonds. The molecule has 7 heteroatoms. The normalized spacial score (nSPS) is 17.8. The van der Waals surface area contributed by atoms with E-state index in [1.165, 1.54) is 15.8 Å². The minimum Gasteiger partial charge on any atom is -0.493 e. The number of piperazine rings is 1. The predicted molar refractivity (Wildman–Crippen MR) is 128 cm³/mol. The summed E-state index contributed by atoms with van der Waals surface area (Å²) in [5.74, 6) is 1.20. The first-order chi connectivity index (χ1) is 15.6. The maximum absolute atomic E-state index is 13.0. The second-order valence-electron chi connectivity index (χ2n) is 8.79. The number of amides is 1. The van der Waals surface area contributed by atoms with Crippen molar-refractivity contribution in [3.8, 4) is 5.75 Å². The average molecular weight is 451 g/mol. The molecule has 6 nitrogen and oxygen atoms in total. The van der Waals surface area contributed by atoms with Crippen LogP contribution in [-0.4, -0.2) is 72.0 Å². The maximum Gasteiger partial charge on any atom is 0.237 e. The number of para-hydroxylation sites is 1. The number of ether oxygens (including phenoxy) is 1. The van der Waals surface area contributed by atoms with Gasteiger partial charge in [0.2, 0.25) is 5.91 Å². The lowest BCUT2D eigenvalue weighted by atomic mass is 10.1.